The van der Waals surface area contributed by atoms with Crippen molar-refractivity contribution in [3.05, 3.63) is 29.3 Å². The fourth-order valence-corrected chi connectivity index (χ4v) is 6.82. The summed E-state index contributed by atoms with van der Waals surface area (Å²) in [7, 11) is -3.23. The molecule has 2 N–H and O–H groups in total. The van der Waals surface area contributed by atoms with Crippen molar-refractivity contribution in [3.63, 3.8) is 0 Å². The molecule has 28 heavy (non-hydrogen) atoms. The van der Waals surface area contributed by atoms with Crippen LogP contribution in [0.25, 0.3) is 0 Å². The molecule has 2 aliphatic heterocycles. The van der Waals surface area contributed by atoms with Crippen LogP contribution in [0.5, 0.6) is 5.75 Å². The Morgan fingerprint density at radius 3 is 2.54 bits per heavy atom. The molecule has 1 spiro atoms. The lowest BCUT2D eigenvalue weighted by Crippen LogP contribution is -2.52. The van der Waals surface area contributed by atoms with Gasteiger partial charge in [-0.2, -0.15) is 0 Å². The molecule has 1 amide bonds. The number of carbonyl (C=O) groups is 1. The van der Waals surface area contributed by atoms with E-state index < -0.39 is 15.9 Å². The second-order valence-corrected chi connectivity index (χ2v) is 10.5. The highest BCUT2D eigenvalue weighted by atomic mass is 32.2. The van der Waals surface area contributed by atoms with E-state index in [4.69, 9.17) is 9.94 Å². The summed E-state index contributed by atoms with van der Waals surface area (Å²) >= 11 is 0. The van der Waals surface area contributed by atoms with Gasteiger partial charge in [0.05, 0.1) is 5.25 Å². The van der Waals surface area contributed by atoms with Crippen molar-refractivity contribution in [2.75, 3.05) is 13.1 Å². The van der Waals surface area contributed by atoms with E-state index in [0.717, 1.165) is 50.5 Å². The number of hydrogen-bond donors (Lipinski definition) is 2. The number of hydrogen-bond acceptors (Lipinski definition) is 5. The minimum atomic E-state index is -3.23. The molecule has 1 aromatic carbocycles. The summed E-state index contributed by atoms with van der Waals surface area (Å²) in [5.41, 5.74) is 2.65. The minimum Gasteiger partial charge on any atom is -0.487 e. The molecule has 0 bridgehead atoms. The minimum absolute atomic E-state index is 0.220. The second-order valence-electron chi connectivity index (χ2n) is 8.25. The van der Waals surface area contributed by atoms with Crippen molar-refractivity contribution in [2.45, 2.75) is 68.6 Å². The fraction of sp³-hybridized carbons (Fsp3) is 0.650. The smallest absolute Gasteiger partial charge is 0.274 e. The number of hydroxylamine groups is 1. The number of fused-ring (bicyclic) bond motifs is 1. The Morgan fingerprint density at radius 2 is 1.86 bits per heavy atom. The van der Waals surface area contributed by atoms with E-state index in [-0.39, 0.29) is 10.9 Å². The number of amides is 1. The zero-order chi connectivity index (χ0) is 19.8. The van der Waals surface area contributed by atoms with Crippen LogP contribution in [0, 0.1) is 0 Å². The van der Waals surface area contributed by atoms with Crippen molar-refractivity contribution >= 4 is 15.9 Å². The first-order valence-electron chi connectivity index (χ1n) is 10.2. The number of sulfonamides is 1. The molecular weight excluding hydrogens is 380 g/mol. The average molecular weight is 409 g/mol. The fourth-order valence-electron chi connectivity index (χ4n) is 4.78. The lowest BCUT2D eigenvalue weighted by molar-refractivity contribution is 0.00147. The first kappa shape index (κ1) is 19.7. The number of ether oxygens (including phenoxy) is 1. The monoisotopic (exact) mass is 408 g/mol. The second kappa shape index (κ2) is 7.65. The molecule has 8 heteroatoms. The van der Waals surface area contributed by atoms with Crippen LogP contribution in [0.3, 0.4) is 0 Å². The van der Waals surface area contributed by atoms with Crippen molar-refractivity contribution < 1.29 is 23.2 Å². The van der Waals surface area contributed by atoms with E-state index in [9.17, 15) is 13.2 Å². The zero-order valence-corrected chi connectivity index (χ0v) is 16.8. The number of aryl methyl sites for hydroxylation is 1. The normalized spacial score (nSPS) is 23.0. The lowest BCUT2D eigenvalue weighted by Gasteiger charge is -2.45. The molecule has 0 unspecified atom stereocenters. The molecule has 2 heterocycles. The van der Waals surface area contributed by atoms with Gasteiger partial charge in [-0.3, -0.25) is 10.0 Å². The molecule has 3 aliphatic rings. The third kappa shape index (κ3) is 3.65. The number of piperidine rings is 1. The maximum absolute atomic E-state index is 13.0. The number of nitrogens with zero attached hydrogens (tertiary/aromatic N) is 1. The highest BCUT2D eigenvalue weighted by Gasteiger charge is 2.43. The van der Waals surface area contributed by atoms with Gasteiger partial charge in [0, 0.05) is 31.5 Å². The van der Waals surface area contributed by atoms with E-state index >= 15 is 0 Å². The quantitative estimate of drug-likeness (QED) is 0.592. The van der Waals surface area contributed by atoms with Gasteiger partial charge in [-0.15, -0.1) is 0 Å². The van der Waals surface area contributed by atoms with Crippen LogP contribution in [0.4, 0.5) is 0 Å². The maximum atomic E-state index is 13.0. The Hall–Kier alpha value is -1.64. The molecule has 1 aromatic rings. The van der Waals surface area contributed by atoms with Gasteiger partial charge in [-0.05, 0) is 43.4 Å². The third-order valence-electron chi connectivity index (χ3n) is 6.57. The largest absolute Gasteiger partial charge is 0.487 e. The first-order valence-corrected chi connectivity index (χ1v) is 11.7. The topological polar surface area (TPSA) is 95.9 Å². The summed E-state index contributed by atoms with van der Waals surface area (Å²) in [6.45, 7) is 0.982. The average Bonchev–Trinajstić information content (AvgIpc) is 2.73. The Balaban J connectivity index is 1.45. The summed E-state index contributed by atoms with van der Waals surface area (Å²) in [6.07, 6.45) is 7.72. The molecule has 0 radical (unpaired) electrons. The molecule has 4 rings (SSSR count). The molecule has 154 valence electrons. The van der Waals surface area contributed by atoms with Gasteiger partial charge in [0.1, 0.15) is 11.4 Å². The third-order valence-corrected chi connectivity index (χ3v) is 8.97. The number of rotatable bonds is 3. The lowest BCUT2D eigenvalue weighted by atomic mass is 9.83. The molecule has 0 aromatic heterocycles. The maximum Gasteiger partial charge on any atom is 0.274 e. The van der Waals surface area contributed by atoms with Crippen LogP contribution in [0.1, 0.15) is 67.3 Å². The Morgan fingerprint density at radius 1 is 1.14 bits per heavy atom. The van der Waals surface area contributed by atoms with E-state index in [2.05, 4.69) is 0 Å². The van der Waals surface area contributed by atoms with E-state index in [1.165, 1.54) is 0 Å². The predicted molar refractivity (Wildman–Crippen MR) is 104 cm³/mol. The summed E-state index contributed by atoms with van der Waals surface area (Å²) in [5.74, 6) is 0.0929. The van der Waals surface area contributed by atoms with Crippen LogP contribution >= 0.6 is 0 Å². The number of carbonyl (C=O) groups excluding carboxylic acids is 1. The van der Waals surface area contributed by atoms with E-state index in [1.54, 1.807) is 21.9 Å². The predicted octanol–water partition coefficient (Wildman–Crippen LogP) is 2.63. The van der Waals surface area contributed by atoms with Gasteiger partial charge in [0.2, 0.25) is 10.0 Å². The molecule has 7 nitrogen and oxygen atoms in total. The standard InChI is InChI=1S/C20H28N2O5S/c23-19(21-24)16-7-6-15-8-9-20(27-18(15)14-16)10-12-22(13-11-20)28(25,26)17-4-2-1-3-5-17/h6-7,14,17,24H,1-5,8-13H2,(H,21,23). The van der Waals surface area contributed by atoms with Gasteiger partial charge in [-0.1, -0.05) is 25.3 Å². The van der Waals surface area contributed by atoms with E-state index in [0.29, 0.717) is 37.2 Å². The molecule has 1 aliphatic carbocycles. The summed E-state index contributed by atoms with van der Waals surface area (Å²) in [4.78, 5) is 11.7. The van der Waals surface area contributed by atoms with Crippen LogP contribution in [0.2, 0.25) is 0 Å². The van der Waals surface area contributed by atoms with Crippen LogP contribution in [-0.4, -0.2) is 47.8 Å². The summed E-state index contributed by atoms with van der Waals surface area (Å²) < 4.78 is 33.9. The molecule has 0 atom stereocenters. The Kier molecular flexibility index (Phi) is 5.37. The highest BCUT2D eigenvalue weighted by Crippen LogP contribution is 2.41. The van der Waals surface area contributed by atoms with Crippen molar-refractivity contribution in [2.24, 2.45) is 0 Å². The van der Waals surface area contributed by atoms with Crippen molar-refractivity contribution in [3.8, 4) is 5.75 Å². The SMILES string of the molecule is O=C(NO)c1ccc2c(c1)OC1(CC2)CCN(S(=O)(=O)C2CCCCC2)CC1. The van der Waals surface area contributed by atoms with Crippen molar-refractivity contribution in [1.29, 1.82) is 0 Å². The Bertz CT molecular complexity index is 840. The Labute approximate surface area is 166 Å². The first-order chi connectivity index (χ1) is 13.4. The molecular formula is C20H28N2O5S. The van der Waals surface area contributed by atoms with Gasteiger partial charge >= 0.3 is 0 Å². The zero-order valence-electron chi connectivity index (χ0n) is 16.0. The van der Waals surface area contributed by atoms with Crippen LogP contribution in [-0.2, 0) is 16.4 Å². The van der Waals surface area contributed by atoms with Gasteiger partial charge < -0.3 is 4.74 Å². The van der Waals surface area contributed by atoms with Gasteiger partial charge in [-0.25, -0.2) is 18.2 Å². The van der Waals surface area contributed by atoms with Gasteiger partial charge in [0.25, 0.3) is 5.91 Å². The molecule has 1 saturated carbocycles. The number of nitrogens with one attached hydrogen (secondary N) is 1. The number of benzene rings is 1. The van der Waals surface area contributed by atoms with Crippen LogP contribution in [0.15, 0.2) is 18.2 Å². The molecule has 1 saturated heterocycles. The summed E-state index contributed by atoms with van der Waals surface area (Å²) in [6, 6.07) is 5.19. The molecule has 2 fully saturated rings. The van der Waals surface area contributed by atoms with Crippen molar-refractivity contribution in [1.82, 2.24) is 9.79 Å². The summed E-state index contributed by atoms with van der Waals surface area (Å²) in [5, 5.41) is 8.63. The van der Waals surface area contributed by atoms with Gasteiger partial charge in [0.15, 0.2) is 0 Å². The highest BCUT2D eigenvalue weighted by molar-refractivity contribution is 7.89. The van der Waals surface area contributed by atoms with E-state index in [1.807, 2.05) is 6.07 Å². The van der Waals surface area contributed by atoms with Crippen LogP contribution < -0.4 is 10.2 Å².